The second-order valence-corrected chi connectivity index (χ2v) is 9.30. The second kappa shape index (κ2) is 7.87. The van der Waals surface area contributed by atoms with Crippen molar-refractivity contribution in [2.75, 3.05) is 43.1 Å². The molecular formula is C27H30N2O4. The van der Waals surface area contributed by atoms with Crippen LogP contribution < -0.4 is 19.3 Å². The third-order valence-corrected chi connectivity index (χ3v) is 6.95. The van der Waals surface area contributed by atoms with Crippen LogP contribution in [0.3, 0.4) is 0 Å². The molecular weight excluding hydrogens is 416 g/mol. The quantitative estimate of drug-likeness (QED) is 0.545. The van der Waals surface area contributed by atoms with Gasteiger partial charge in [0.25, 0.3) is 0 Å². The topological polar surface area (TPSA) is 55.2 Å². The lowest BCUT2D eigenvalue weighted by atomic mass is 9.87. The number of hydrogen-bond donors (Lipinski definition) is 0. The van der Waals surface area contributed by atoms with E-state index in [2.05, 4.69) is 35.8 Å². The Morgan fingerprint density at radius 2 is 1.58 bits per heavy atom. The number of fused-ring (bicyclic) bond motifs is 1. The van der Waals surface area contributed by atoms with Crippen LogP contribution in [-0.2, 0) is 0 Å². The normalized spacial score (nSPS) is 17.2. The smallest absolute Gasteiger partial charge is 0.210 e. The average Bonchev–Trinajstić information content (AvgIpc) is 3.43. The van der Waals surface area contributed by atoms with Gasteiger partial charge in [-0.25, -0.2) is 0 Å². The molecule has 0 radical (unpaired) electrons. The number of benzene rings is 2. The summed E-state index contributed by atoms with van der Waals surface area (Å²) in [5, 5.41) is 0. The minimum absolute atomic E-state index is 0.0231. The highest BCUT2D eigenvalue weighted by molar-refractivity contribution is 6.14. The van der Waals surface area contributed by atoms with E-state index in [1.54, 1.807) is 19.6 Å². The molecule has 33 heavy (non-hydrogen) atoms. The van der Waals surface area contributed by atoms with Gasteiger partial charge in [0, 0.05) is 48.7 Å². The van der Waals surface area contributed by atoms with E-state index in [4.69, 9.17) is 13.9 Å². The third kappa shape index (κ3) is 3.45. The predicted octanol–water partition coefficient (Wildman–Crippen LogP) is 5.25. The Kier molecular flexibility index (Phi) is 5.11. The maximum absolute atomic E-state index is 13.4. The number of anilines is 2. The molecule has 0 aliphatic carbocycles. The van der Waals surface area contributed by atoms with Gasteiger partial charge >= 0.3 is 0 Å². The maximum Gasteiger partial charge on any atom is 0.210 e. The van der Waals surface area contributed by atoms with Crippen LogP contribution >= 0.6 is 0 Å². The van der Waals surface area contributed by atoms with Gasteiger partial charge in [-0.3, -0.25) is 4.79 Å². The van der Waals surface area contributed by atoms with Crippen LogP contribution in [-0.4, -0.2) is 44.7 Å². The molecule has 5 rings (SSSR count). The van der Waals surface area contributed by atoms with E-state index >= 15 is 0 Å². The molecule has 2 aromatic carbocycles. The van der Waals surface area contributed by atoms with Crippen LogP contribution in [0.5, 0.6) is 11.5 Å². The van der Waals surface area contributed by atoms with E-state index in [-0.39, 0.29) is 5.78 Å². The Bertz CT molecular complexity index is 1190. The first-order valence-corrected chi connectivity index (χ1v) is 11.4. The highest BCUT2D eigenvalue weighted by atomic mass is 16.5. The van der Waals surface area contributed by atoms with E-state index in [0.717, 1.165) is 59.9 Å². The summed E-state index contributed by atoms with van der Waals surface area (Å²) in [5.41, 5.74) is 6.12. The van der Waals surface area contributed by atoms with Crippen molar-refractivity contribution in [1.29, 1.82) is 0 Å². The summed E-state index contributed by atoms with van der Waals surface area (Å²) in [7, 11) is 1.68. The van der Waals surface area contributed by atoms with E-state index in [0.29, 0.717) is 11.3 Å². The number of ether oxygens (including phenoxy) is 2. The molecule has 1 saturated heterocycles. The molecule has 3 aromatic rings. The minimum Gasteiger partial charge on any atom is -0.497 e. The summed E-state index contributed by atoms with van der Waals surface area (Å²) in [6.45, 7) is 11.4. The van der Waals surface area contributed by atoms with Crippen LogP contribution in [0.25, 0.3) is 11.1 Å². The monoisotopic (exact) mass is 446 g/mol. The van der Waals surface area contributed by atoms with E-state index in [1.807, 2.05) is 32.0 Å². The standard InChI is InChI=1S/C27H30N2O4/c1-17-18(2)25-23(26(30)27(3,4)33-25)22(19-10-15-32-16-19)24(17)29-13-11-28(12-14-29)20-6-8-21(31-5)9-7-20/h6-10,15-16H,11-14H2,1-5H3. The highest BCUT2D eigenvalue weighted by Gasteiger charge is 2.44. The van der Waals surface area contributed by atoms with Crippen molar-refractivity contribution in [2.45, 2.75) is 33.3 Å². The summed E-state index contributed by atoms with van der Waals surface area (Å²) >= 11 is 0. The van der Waals surface area contributed by atoms with Gasteiger partial charge in [-0.05, 0) is 69.2 Å². The molecule has 6 heteroatoms. The lowest BCUT2D eigenvalue weighted by Crippen LogP contribution is -2.47. The number of Topliss-reactive ketones (excluding diaryl/α,β-unsaturated/α-hetero) is 1. The number of carbonyl (C=O) groups is 1. The average molecular weight is 447 g/mol. The SMILES string of the molecule is COc1ccc(N2CCN(c3c(C)c(C)c4c(c3-c3ccoc3)C(=O)C(C)(C)O4)CC2)cc1. The maximum atomic E-state index is 13.4. The van der Waals surface area contributed by atoms with Gasteiger partial charge in [0.2, 0.25) is 5.78 Å². The molecule has 1 fully saturated rings. The number of nitrogens with zero attached hydrogens (tertiary/aromatic N) is 2. The van der Waals surface area contributed by atoms with Crippen molar-refractivity contribution < 1.29 is 18.7 Å². The molecule has 2 aliphatic rings. The lowest BCUT2D eigenvalue weighted by molar-refractivity contribution is 0.0683. The molecule has 0 atom stereocenters. The zero-order chi connectivity index (χ0) is 23.3. The number of methoxy groups -OCH3 is 1. The largest absolute Gasteiger partial charge is 0.497 e. The first-order chi connectivity index (χ1) is 15.8. The van der Waals surface area contributed by atoms with Crippen LogP contribution in [0.4, 0.5) is 11.4 Å². The van der Waals surface area contributed by atoms with Crippen molar-refractivity contribution in [2.24, 2.45) is 0 Å². The van der Waals surface area contributed by atoms with Gasteiger partial charge in [-0.15, -0.1) is 0 Å². The molecule has 0 bridgehead atoms. The number of hydrogen-bond acceptors (Lipinski definition) is 6. The molecule has 6 nitrogen and oxygen atoms in total. The Balaban J connectivity index is 1.53. The zero-order valence-electron chi connectivity index (χ0n) is 19.9. The van der Waals surface area contributed by atoms with Crippen LogP contribution in [0.1, 0.15) is 35.3 Å². The van der Waals surface area contributed by atoms with Crippen LogP contribution in [0.2, 0.25) is 0 Å². The van der Waals surface area contributed by atoms with Gasteiger partial charge < -0.3 is 23.7 Å². The molecule has 3 heterocycles. The lowest BCUT2D eigenvalue weighted by Gasteiger charge is -2.39. The molecule has 2 aliphatic heterocycles. The van der Waals surface area contributed by atoms with Crippen LogP contribution in [0.15, 0.2) is 47.3 Å². The van der Waals surface area contributed by atoms with E-state index < -0.39 is 5.60 Å². The molecule has 0 N–H and O–H groups in total. The fourth-order valence-corrected chi connectivity index (χ4v) is 4.97. The number of rotatable bonds is 4. The summed E-state index contributed by atoms with van der Waals surface area (Å²) in [6, 6.07) is 10.1. The number of piperazine rings is 1. The van der Waals surface area contributed by atoms with Gasteiger partial charge in [0.15, 0.2) is 5.60 Å². The third-order valence-electron chi connectivity index (χ3n) is 6.95. The summed E-state index contributed by atoms with van der Waals surface area (Å²) in [5.74, 6) is 1.59. The van der Waals surface area contributed by atoms with Crippen LogP contribution in [0, 0.1) is 13.8 Å². The zero-order valence-corrected chi connectivity index (χ0v) is 19.9. The van der Waals surface area contributed by atoms with Gasteiger partial charge in [-0.2, -0.15) is 0 Å². The number of ketones is 1. The fraction of sp³-hybridized carbons (Fsp3) is 0.370. The molecule has 0 saturated carbocycles. The Morgan fingerprint density at radius 3 is 2.18 bits per heavy atom. The molecule has 1 aromatic heterocycles. The second-order valence-electron chi connectivity index (χ2n) is 9.30. The number of furan rings is 1. The molecule has 0 spiro atoms. The minimum atomic E-state index is -0.871. The number of carbonyl (C=O) groups excluding carboxylic acids is 1. The van der Waals surface area contributed by atoms with Gasteiger partial charge in [-0.1, -0.05) is 0 Å². The van der Waals surface area contributed by atoms with Crippen molar-refractivity contribution in [1.82, 2.24) is 0 Å². The molecule has 0 amide bonds. The Hall–Kier alpha value is -3.41. The predicted molar refractivity (Wildman–Crippen MR) is 130 cm³/mol. The fourth-order valence-electron chi connectivity index (χ4n) is 4.97. The van der Waals surface area contributed by atoms with E-state index in [9.17, 15) is 4.79 Å². The first kappa shape index (κ1) is 21.4. The highest BCUT2D eigenvalue weighted by Crippen LogP contribution is 2.50. The molecule has 0 unspecified atom stereocenters. The Morgan fingerprint density at radius 1 is 0.909 bits per heavy atom. The summed E-state index contributed by atoms with van der Waals surface area (Å²) in [4.78, 5) is 18.2. The van der Waals surface area contributed by atoms with Crippen molar-refractivity contribution in [3.05, 3.63) is 59.5 Å². The first-order valence-electron chi connectivity index (χ1n) is 11.4. The summed E-state index contributed by atoms with van der Waals surface area (Å²) < 4.78 is 16.9. The van der Waals surface area contributed by atoms with Gasteiger partial charge in [0.1, 0.15) is 11.5 Å². The van der Waals surface area contributed by atoms with Crippen molar-refractivity contribution in [3.8, 4) is 22.6 Å². The van der Waals surface area contributed by atoms with Gasteiger partial charge in [0.05, 0.1) is 25.2 Å². The van der Waals surface area contributed by atoms with Crippen molar-refractivity contribution in [3.63, 3.8) is 0 Å². The Labute approximate surface area is 194 Å². The summed E-state index contributed by atoms with van der Waals surface area (Å²) in [6.07, 6.45) is 3.38. The van der Waals surface area contributed by atoms with E-state index in [1.165, 1.54) is 5.69 Å². The van der Waals surface area contributed by atoms with Crippen molar-refractivity contribution >= 4 is 17.2 Å². The molecule has 172 valence electrons.